The smallest absolute Gasteiger partial charge is 0.492 e. The average Bonchev–Trinajstić information content (AvgIpc) is 2.55. The topological polar surface area (TPSA) is 53.7 Å². The molecule has 0 saturated heterocycles. The van der Waals surface area contributed by atoms with Gasteiger partial charge in [0.15, 0.2) is 0 Å². The zero-order valence-electron chi connectivity index (χ0n) is 8.61. The maximum Gasteiger partial charge on any atom is 0.498 e. The summed E-state index contributed by atoms with van der Waals surface area (Å²) < 4.78 is 16.9. The quantitative estimate of drug-likeness (QED) is 0.724. The highest BCUT2D eigenvalue weighted by Gasteiger charge is 2.42. The van der Waals surface area contributed by atoms with E-state index in [2.05, 4.69) is 0 Å². The van der Waals surface area contributed by atoms with Crippen LogP contribution >= 0.6 is 11.6 Å². The summed E-state index contributed by atoms with van der Waals surface area (Å²) >= 11 is 6.17. The van der Waals surface area contributed by atoms with Crippen LogP contribution in [0.5, 0.6) is 5.75 Å². The summed E-state index contributed by atoms with van der Waals surface area (Å²) in [4.78, 5) is 0. The maximum absolute atomic E-state index is 6.17. The Balaban J connectivity index is 2.17. The van der Waals surface area contributed by atoms with Gasteiger partial charge in [-0.15, -0.1) is 0 Å². The van der Waals surface area contributed by atoms with E-state index in [1.807, 2.05) is 12.1 Å². The summed E-state index contributed by atoms with van der Waals surface area (Å²) in [5, 5.41) is 0.658. The molecule has 0 aliphatic carbocycles. The number of nitrogens with two attached hydrogens (primary N) is 1. The van der Waals surface area contributed by atoms with Gasteiger partial charge in [0.25, 0.3) is 0 Å². The third-order valence-electron chi connectivity index (χ3n) is 2.86. The Morgan fingerprint density at radius 1 is 1.44 bits per heavy atom. The van der Waals surface area contributed by atoms with E-state index >= 15 is 0 Å². The lowest BCUT2D eigenvalue weighted by atomic mass is 9.78. The number of hydrogen-bond acceptors (Lipinski definition) is 4. The molecule has 0 amide bonds. The number of benzene rings is 1. The van der Waals surface area contributed by atoms with Crippen LogP contribution in [0.1, 0.15) is 11.7 Å². The van der Waals surface area contributed by atoms with Gasteiger partial charge in [0, 0.05) is 22.6 Å². The predicted molar refractivity (Wildman–Crippen MR) is 61.2 cm³/mol. The lowest BCUT2D eigenvalue weighted by Crippen LogP contribution is -2.31. The molecular formula is C10H11BClNO3. The second-order valence-corrected chi connectivity index (χ2v) is 4.19. The highest BCUT2D eigenvalue weighted by atomic mass is 35.5. The first kappa shape index (κ1) is 10.4. The van der Waals surface area contributed by atoms with Crippen LogP contribution in [0.15, 0.2) is 12.1 Å². The van der Waals surface area contributed by atoms with E-state index in [4.69, 9.17) is 31.4 Å². The molecule has 1 aromatic carbocycles. The Morgan fingerprint density at radius 2 is 2.31 bits per heavy atom. The van der Waals surface area contributed by atoms with Crippen molar-refractivity contribution in [3.8, 4) is 5.75 Å². The van der Waals surface area contributed by atoms with Crippen LogP contribution in [-0.2, 0) is 9.31 Å². The van der Waals surface area contributed by atoms with Gasteiger partial charge in [-0.05, 0) is 12.1 Å². The molecule has 1 atom stereocenters. The molecule has 84 valence electrons. The summed E-state index contributed by atoms with van der Waals surface area (Å²) in [5.74, 6) is 0.790. The molecule has 1 aromatic rings. The Hall–Kier alpha value is -0.745. The average molecular weight is 239 g/mol. The fraction of sp³-hybridized carbons (Fsp3) is 0.400. The van der Waals surface area contributed by atoms with Crippen molar-refractivity contribution in [2.75, 3.05) is 19.8 Å². The normalized spacial score (nSPS) is 22.6. The summed E-state index contributed by atoms with van der Waals surface area (Å²) in [6.07, 6.45) is -0.200. The van der Waals surface area contributed by atoms with E-state index in [1.54, 1.807) is 0 Å². The summed E-state index contributed by atoms with van der Waals surface area (Å²) in [5.41, 5.74) is 7.48. The zero-order chi connectivity index (χ0) is 11.1. The molecule has 2 heterocycles. The van der Waals surface area contributed by atoms with Crippen LogP contribution < -0.4 is 15.9 Å². The zero-order valence-corrected chi connectivity index (χ0v) is 9.37. The molecule has 2 N–H and O–H groups in total. The van der Waals surface area contributed by atoms with Gasteiger partial charge in [0.2, 0.25) is 0 Å². The molecule has 16 heavy (non-hydrogen) atoms. The molecule has 0 fully saturated rings. The standard InChI is InChI=1S/C10H11BClNO3/c12-6-1-2-7-10-9(6)8(5-13)16-11(10)15-4-3-14-7/h1-2,8H,3-5,13H2/t8-/m1/s1. The molecule has 2 aliphatic heterocycles. The second-order valence-electron chi connectivity index (χ2n) is 3.78. The van der Waals surface area contributed by atoms with Gasteiger partial charge in [-0.25, -0.2) is 0 Å². The van der Waals surface area contributed by atoms with Gasteiger partial charge >= 0.3 is 7.12 Å². The molecule has 3 rings (SSSR count). The molecular weight excluding hydrogens is 228 g/mol. The van der Waals surface area contributed by atoms with Crippen LogP contribution in [0.2, 0.25) is 5.02 Å². The summed E-state index contributed by atoms with van der Waals surface area (Å²) in [6.45, 7) is 1.42. The van der Waals surface area contributed by atoms with E-state index in [0.717, 1.165) is 16.8 Å². The lowest BCUT2D eigenvalue weighted by Gasteiger charge is -2.13. The van der Waals surface area contributed by atoms with E-state index < -0.39 is 0 Å². The first-order chi connectivity index (χ1) is 7.81. The molecule has 0 bridgehead atoms. The Bertz CT molecular complexity index is 429. The summed E-state index contributed by atoms with van der Waals surface area (Å²) in [7, 11) is -0.389. The Kier molecular flexibility index (Phi) is 2.56. The number of halogens is 1. The third-order valence-corrected chi connectivity index (χ3v) is 3.19. The second kappa shape index (κ2) is 3.93. The lowest BCUT2D eigenvalue weighted by molar-refractivity contribution is 0.148. The predicted octanol–water partition coefficient (Wildman–Crippen LogP) is 0.474. The van der Waals surface area contributed by atoms with Crippen molar-refractivity contribution in [2.24, 2.45) is 5.73 Å². The van der Waals surface area contributed by atoms with Crippen molar-refractivity contribution < 1.29 is 14.0 Å². The number of hydrogen-bond donors (Lipinski definition) is 1. The third kappa shape index (κ3) is 1.43. The van der Waals surface area contributed by atoms with E-state index in [9.17, 15) is 0 Å². The SMILES string of the molecule is NC[C@H]1OB2OCCOc3ccc(Cl)c1c32. The van der Waals surface area contributed by atoms with E-state index in [1.165, 1.54) is 0 Å². The van der Waals surface area contributed by atoms with Gasteiger partial charge in [-0.2, -0.15) is 0 Å². The van der Waals surface area contributed by atoms with Gasteiger partial charge in [-0.1, -0.05) is 11.6 Å². The molecule has 4 nitrogen and oxygen atoms in total. The van der Waals surface area contributed by atoms with Crippen LogP contribution in [-0.4, -0.2) is 26.9 Å². The fourth-order valence-corrected chi connectivity index (χ4v) is 2.46. The van der Waals surface area contributed by atoms with Gasteiger partial charge < -0.3 is 19.8 Å². The van der Waals surface area contributed by atoms with Crippen molar-refractivity contribution in [2.45, 2.75) is 6.10 Å². The van der Waals surface area contributed by atoms with E-state index in [0.29, 0.717) is 24.8 Å². The number of rotatable bonds is 1. The summed E-state index contributed by atoms with van der Waals surface area (Å²) in [6, 6.07) is 3.67. The molecule has 0 spiro atoms. The Morgan fingerprint density at radius 3 is 3.12 bits per heavy atom. The van der Waals surface area contributed by atoms with Crippen molar-refractivity contribution in [3.63, 3.8) is 0 Å². The molecule has 0 unspecified atom stereocenters. The molecule has 6 heteroatoms. The molecule has 0 radical (unpaired) electrons. The minimum atomic E-state index is -0.389. The minimum Gasteiger partial charge on any atom is -0.492 e. The van der Waals surface area contributed by atoms with Crippen LogP contribution in [0.4, 0.5) is 0 Å². The van der Waals surface area contributed by atoms with Gasteiger partial charge in [0.1, 0.15) is 12.4 Å². The van der Waals surface area contributed by atoms with Crippen molar-refractivity contribution in [3.05, 3.63) is 22.7 Å². The highest BCUT2D eigenvalue weighted by molar-refractivity contribution is 6.64. The fourth-order valence-electron chi connectivity index (χ4n) is 2.17. The van der Waals surface area contributed by atoms with Gasteiger partial charge in [-0.3, -0.25) is 0 Å². The van der Waals surface area contributed by atoms with Crippen LogP contribution in [0, 0.1) is 0 Å². The first-order valence-electron chi connectivity index (χ1n) is 5.23. The largest absolute Gasteiger partial charge is 0.498 e. The van der Waals surface area contributed by atoms with Gasteiger partial charge in [0.05, 0.1) is 12.7 Å². The molecule has 2 aliphatic rings. The van der Waals surface area contributed by atoms with Crippen molar-refractivity contribution in [1.82, 2.24) is 0 Å². The first-order valence-corrected chi connectivity index (χ1v) is 5.61. The van der Waals surface area contributed by atoms with E-state index in [-0.39, 0.29) is 13.2 Å². The molecule has 0 aromatic heterocycles. The number of ether oxygens (including phenoxy) is 1. The monoisotopic (exact) mass is 239 g/mol. The van der Waals surface area contributed by atoms with Crippen molar-refractivity contribution in [1.29, 1.82) is 0 Å². The van der Waals surface area contributed by atoms with Crippen molar-refractivity contribution >= 4 is 24.2 Å². The molecule has 0 saturated carbocycles. The Labute approximate surface area is 98.8 Å². The maximum atomic E-state index is 6.17. The highest BCUT2D eigenvalue weighted by Crippen LogP contribution is 2.34. The minimum absolute atomic E-state index is 0.200. The van der Waals surface area contributed by atoms with Crippen LogP contribution in [0.25, 0.3) is 0 Å². The van der Waals surface area contributed by atoms with Crippen LogP contribution in [0.3, 0.4) is 0 Å².